The van der Waals surface area contributed by atoms with Gasteiger partial charge in [0.05, 0.1) is 4.90 Å². The molecule has 2 amide bonds. The monoisotopic (exact) mass is 587 g/mol. The number of anilines is 2. The van der Waals surface area contributed by atoms with Crippen molar-refractivity contribution in [2.45, 2.75) is 50.3 Å². The lowest BCUT2D eigenvalue weighted by Crippen LogP contribution is -2.33. The zero-order chi connectivity index (χ0) is 29.9. The SMILES string of the molecule is CC(C)(C)OC(=O)Nc1nccc2cc(NC3C(=O)NCc4cccc(c4)S(=O)(=O)NCCc4ccc3cc4)ccc12. The summed E-state index contributed by atoms with van der Waals surface area (Å²) in [6, 6.07) is 20.7. The standard InChI is InChI=1S/C31H33N5O5S/c1-31(2,3)41-30(38)36-28-26-12-11-24(18-23(26)14-15-32-28)35-27-22-9-7-20(8-10-22)13-16-34-42(39,40)25-6-4-5-21(17-25)19-33-29(27)37/h4-12,14-15,17-18,27,34-35H,13,16,19H2,1-3H3,(H,33,37)(H,32,36,38). The Morgan fingerprint density at radius 2 is 1.79 bits per heavy atom. The Balaban J connectivity index is 1.42. The summed E-state index contributed by atoms with van der Waals surface area (Å²) >= 11 is 0. The maximum absolute atomic E-state index is 13.5. The average Bonchev–Trinajstić information content (AvgIpc) is 2.94. The number of aromatic nitrogens is 1. The highest BCUT2D eigenvalue weighted by Crippen LogP contribution is 2.28. The molecule has 11 heteroatoms. The summed E-state index contributed by atoms with van der Waals surface area (Å²) in [7, 11) is -3.68. The van der Waals surface area contributed by atoms with Crippen LogP contribution in [0.1, 0.15) is 43.5 Å². The quantitative estimate of drug-likeness (QED) is 0.268. The average molecular weight is 588 g/mol. The number of fused-ring (bicyclic) bond motifs is 9. The third-order valence-electron chi connectivity index (χ3n) is 6.65. The van der Waals surface area contributed by atoms with E-state index >= 15 is 0 Å². The van der Waals surface area contributed by atoms with Gasteiger partial charge in [0.15, 0.2) is 0 Å². The Labute approximate surface area is 244 Å². The molecule has 2 aliphatic rings. The number of sulfonamides is 1. The first-order valence-corrected chi connectivity index (χ1v) is 15.1. The summed E-state index contributed by atoms with van der Waals surface area (Å²) in [4.78, 5) is 30.3. The molecule has 10 nitrogen and oxygen atoms in total. The van der Waals surface area contributed by atoms with E-state index < -0.39 is 27.8 Å². The minimum absolute atomic E-state index is 0.153. The van der Waals surface area contributed by atoms with Gasteiger partial charge in [-0.25, -0.2) is 22.9 Å². The zero-order valence-electron chi connectivity index (χ0n) is 23.6. The van der Waals surface area contributed by atoms with Gasteiger partial charge in [-0.3, -0.25) is 10.1 Å². The van der Waals surface area contributed by atoms with Gasteiger partial charge >= 0.3 is 6.09 Å². The van der Waals surface area contributed by atoms with E-state index in [0.717, 1.165) is 16.5 Å². The number of pyridine rings is 1. The molecule has 3 heterocycles. The molecule has 0 fully saturated rings. The van der Waals surface area contributed by atoms with Crippen LogP contribution in [-0.2, 0) is 32.5 Å². The molecule has 0 aliphatic carbocycles. The molecule has 0 saturated heterocycles. The number of nitrogens with zero attached hydrogens (tertiary/aromatic N) is 1. The molecule has 0 spiro atoms. The number of hydrogen-bond donors (Lipinski definition) is 4. The Bertz CT molecular complexity index is 1730. The van der Waals surface area contributed by atoms with Gasteiger partial charge in [-0.2, -0.15) is 0 Å². The highest BCUT2D eigenvalue weighted by Gasteiger charge is 2.22. The minimum Gasteiger partial charge on any atom is -0.444 e. The van der Waals surface area contributed by atoms with Gasteiger partial charge in [0.1, 0.15) is 17.5 Å². The van der Waals surface area contributed by atoms with Gasteiger partial charge in [-0.05, 0) is 85.7 Å². The first-order chi connectivity index (χ1) is 20.0. The Kier molecular flexibility index (Phi) is 8.15. The molecule has 1 atom stereocenters. The summed E-state index contributed by atoms with van der Waals surface area (Å²) in [6.07, 6.45) is 1.50. The normalized spacial score (nSPS) is 17.0. The molecule has 1 aromatic heterocycles. The molecule has 4 bridgehead atoms. The van der Waals surface area contributed by atoms with Gasteiger partial charge in [0, 0.05) is 30.4 Å². The van der Waals surface area contributed by atoms with E-state index in [4.69, 9.17) is 4.74 Å². The van der Waals surface area contributed by atoms with Gasteiger partial charge in [0.2, 0.25) is 15.9 Å². The van der Waals surface area contributed by atoms with Crippen molar-refractivity contribution in [3.05, 3.63) is 95.7 Å². The fourth-order valence-corrected chi connectivity index (χ4v) is 5.74. The minimum atomic E-state index is -3.68. The molecule has 4 aromatic rings. The van der Waals surface area contributed by atoms with E-state index in [1.54, 1.807) is 45.2 Å². The van der Waals surface area contributed by atoms with Crippen LogP contribution < -0.4 is 20.7 Å². The Morgan fingerprint density at radius 3 is 2.55 bits per heavy atom. The Hall–Kier alpha value is -4.48. The summed E-state index contributed by atoms with van der Waals surface area (Å²) in [5.74, 6) is 0.0976. The topological polar surface area (TPSA) is 139 Å². The molecular weight excluding hydrogens is 554 g/mol. The van der Waals surface area contributed by atoms with Crippen LogP contribution >= 0.6 is 0 Å². The van der Waals surface area contributed by atoms with E-state index in [1.165, 1.54) is 6.07 Å². The zero-order valence-corrected chi connectivity index (χ0v) is 24.4. The summed E-state index contributed by atoms with van der Waals surface area (Å²) in [5.41, 5.74) is 2.40. The summed E-state index contributed by atoms with van der Waals surface area (Å²) in [6.45, 7) is 5.77. The third kappa shape index (κ3) is 7.04. The van der Waals surface area contributed by atoms with E-state index in [9.17, 15) is 18.0 Å². The van der Waals surface area contributed by atoms with Crippen molar-refractivity contribution in [3.8, 4) is 0 Å². The lowest BCUT2D eigenvalue weighted by Gasteiger charge is -2.21. The number of hydrogen-bond acceptors (Lipinski definition) is 7. The van der Waals surface area contributed by atoms with Gasteiger partial charge in [-0.1, -0.05) is 36.4 Å². The second-order valence-electron chi connectivity index (χ2n) is 11.1. The second kappa shape index (κ2) is 11.8. The van der Waals surface area contributed by atoms with E-state index in [0.29, 0.717) is 28.9 Å². The first kappa shape index (κ1) is 29.0. The highest BCUT2D eigenvalue weighted by atomic mass is 32.2. The largest absolute Gasteiger partial charge is 0.444 e. The number of nitrogens with one attached hydrogen (secondary N) is 4. The predicted octanol–water partition coefficient (Wildman–Crippen LogP) is 4.89. The third-order valence-corrected chi connectivity index (χ3v) is 8.11. The fraction of sp³-hybridized carbons (Fsp3) is 0.258. The van der Waals surface area contributed by atoms with Crippen LogP contribution in [0.15, 0.2) is 83.9 Å². The van der Waals surface area contributed by atoms with Gasteiger partial charge in [-0.15, -0.1) is 0 Å². The molecule has 42 heavy (non-hydrogen) atoms. The molecule has 4 N–H and O–H groups in total. The number of benzene rings is 3. The smallest absolute Gasteiger partial charge is 0.413 e. The number of ether oxygens (including phenoxy) is 1. The maximum atomic E-state index is 13.5. The Morgan fingerprint density at radius 1 is 1.00 bits per heavy atom. The fourth-order valence-electron chi connectivity index (χ4n) is 4.64. The molecule has 3 aromatic carbocycles. The molecule has 2 aliphatic heterocycles. The number of rotatable bonds is 3. The van der Waals surface area contributed by atoms with Crippen molar-refractivity contribution < 1.29 is 22.7 Å². The van der Waals surface area contributed by atoms with Crippen LogP contribution in [-0.4, -0.2) is 37.5 Å². The van der Waals surface area contributed by atoms with Crippen molar-refractivity contribution in [1.82, 2.24) is 15.0 Å². The molecule has 6 rings (SSSR count). The van der Waals surface area contributed by atoms with Crippen molar-refractivity contribution in [3.63, 3.8) is 0 Å². The number of amides is 2. The molecule has 218 valence electrons. The lowest BCUT2D eigenvalue weighted by molar-refractivity contribution is -0.122. The van der Waals surface area contributed by atoms with Crippen LogP contribution in [0, 0.1) is 0 Å². The van der Waals surface area contributed by atoms with Crippen LogP contribution in [0.25, 0.3) is 10.8 Å². The van der Waals surface area contributed by atoms with E-state index in [2.05, 4.69) is 25.7 Å². The highest BCUT2D eigenvalue weighted by molar-refractivity contribution is 7.89. The second-order valence-corrected chi connectivity index (χ2v) is 12.8. The summed E-state index contributed by atoms with van der Waals surface area (Å²) < 4.78 is 33.5. The van der Waals surface area contributed by atoms with Crippen LogP contribution in [0.2, 0.25) is 0 Å². The lowest BCUT2D eigenvalue weighted by atomic mass is 10.0. The van der Waals surface area contributed by atoms with Crippen LogP contribution in [0.4, 0.5) is 16.3 Å². The van der Waals surface area contributed by atoms with Gasteiger partial charge in [0.25, 0.3) is 0 Å². The molecule has 0 radical (unpaired) electrons. The van der Waals surface area contributed by atoms with Gasteiger partial charge < -0.3 is 15.4 Å². The van der Waals surface area contributed by atoms with Crippen molar-refractivity contribution >= 4 is 44.3 Å². The van der Waals surface area contributed by atoms with Crippen LogP contribution in [0.5, 0.6) is 0 Å². The summed E-state index contributed by atoms with van der Waals surface area (Å²) in [5, 5.41) is 10.5. The van der Waals surface area contributed by atoms with Crippen molar-refractivity contribution in [2.24, 2.45) is 0 Å². The number of carbonyl (C=O) groups excluding carboxylic acids is 2. The molecule has 1 unspecified atom stereocenters. The van der Waals surface area contributed by atoms with E-state index in [-0.39, 0.29) is 23.9 Å². The van der Waals surface area contributed by atoms with Crippen LogP contribution in [0.3, 0.4) is 0 Å². The molecular formula is C31H33N5O5S. The molecule has 0 saturated carbocycles. The van der Waals surface area contributed by atoms with Crippen molar-refractivity contribution in [1.29, 1.82) is 0 Å². The van der Waals surface area contributed by atoms with Crippen molar-refractivity contribution in [2.75, 3.05) is 17.2 Å². The van der Waals surface area contributed by atoms with E-state index in [1.807, 2.05) is 48.5 Å². The maximum Gasteiger partial charge on any atom is 0.413 e. The number of carbonyl (C=O) groups is 2. The predicted molar refractivity (Wildman–Crippen MR) is 162 cm³/mol. The first-order valence-electron chi connectivity index (χ1n) is 13.6.